The SMILES string of the molecule is Cc1onc(-c2ccccc2)c1C(=O)N1CCC(CCN2[C@@H]3CC[C@H]2C[C@@H](n2c(C)nc4ccccc42)C3)(c2ccccc2)CC1. The van der Waals surface area contributed by atoms with E-state index in [1.807, 2.05) is 42.2 Å². The fourth-order valence-corrected chi connectivity index (χ4v) is 8.98. The van der Waals surface area contributed by atoms with Crippen LogP contribution >= 0.6 is 0 Å². The van der Waals surface area contributed by atoms with Gasteiger partial charge in [0.15, 0.2) is 0 Å². The molecule has 7 heteroatoms. The van der Waals surface area contributed by atoms with Crippen LogP contribution in [0.2, 0.25) is 0 Å². The van der Waals surface area contributed by atoms with Gasteiger partial charge in [0.2, 0.25) is 0 Å². The number of carbonyl (C=O) groups excluding carboxylic acids is 1. The molecule has 3 fully saturated rings. The topological polar surface area (TPSA) is 67.4 Å². The molecule has 0 saturated carbocycles. The Hall–Kier alpha value is -4.23. The monoisotopic (exact) mass is 613 g/mol. The summed E-state index contributed by atoms with van der Waals surface area (Å²) in [6.07, 6.45) is 8.00. The van der Waals surface area contributed by atoms with E-state index in [1.165, 1.54) is 36.8 Å². The predicted octanol–water partition coefficient (Wildman–Crippen LogP) is 7.74. The zero-order valence-corrected chi connectivity index (χ0v) is 26.9. The number of nitrogens with zero attached hydrogens (tertiary/aromatic N) is 5. The van der Waals surface area contributed by atoms with Gasteiger partial charge in [-0.2, -0.15) is 0 Å². The third kappa shape index (κ3) is 5.05. The van der Waals surface area contributed by atoms with Crippen LogP contribution in [0.15, 0.2) is 89.5 Å². The maximum absolute atomic E-state index is 14.0. The van der Waals surface area contributed by atoms with Crippen molar-refractivity contribution in [1.29, 1.82) is 0 Å². The fourth-order valence-electron chi connectivity index (χ4n) is 8.98. The summed E-state index contributed by atoms with van der Waals surface area (Å²) in [5, 5.41) is 4.29. The lowest BCUT2D eigenvalue weighted by atomic mass is 9.70. The van der Waals surface area contributed by atoms with Crippen LogP contribution in [0.4, 0.5) is 0 Å². The summed E-state index contributed by atoms with van der Waals surface area (Å²) in [5.74, 6) is 1.75. The Kier molecular flexibility index (Phi) is 7.52. The Labute approximate surface area is 271 Å². The van der Waals surface area contributed by atoms with Gasteiger partial charge in [-0.25, -0.2) is 4.98 Å². The maximum atomic E-state index is 14.0. The number of benzene rings is 3. The van der Waals surface area contributed by atoms with E-state index in [4.69, 9.17) is 9.51 Å². The van der Waals surface area contributed by atoms with Gasteiger partial charge in [-0.1, -0.05) is 78.0 Å². The van der Waals surface area contributed by atoms with Crippen LogP contribution in [0.1, 0.15) is 78.5 Å². The highest BCUT2D eigenvalue weighted by Gasteiger charge is 2.44. The molecule has 0 spiro atoms. The molecule has 3 aliphatic rings. The molecule has 0 aliphatic carbocycles. The summed E-state index contributed by atoms with van der Waals surface area (Å²) in [4.78, 5) is 23.7. The second-order valence-electron chi connectivity index (χ2n) is 13.8. The Balaban J connectivity index is 0.987. The highest BCUT2D eigenvalue weighted by Crippen LogP contribution is 2.45. The highest BCUT2D eigenvalue weighted by molar-refractivity contribution is 6.00. The number of carbonyl (C=O) groups is 1. The van der Waals surface area contributed by atoms with Gasteiger partial charge in [0, 0.05) is 36.8 Å². The van der Waals surface area contributed by atoms with Gasteiger partial charge in [0.05, 0.1) is 11.0 Å². The van der Waals surface area contributed by atoms with Crippen molar-refractivity contribution in [3.63, 3.8) is 0 Å². The molecule has 0 N–H and O–H groups in total. The first-order chi connectivity index (χ1) is 22.5. The summed E-state index contributed by atoms with van der Waals surface area (Å²) in [5.41, 5.74) is 6.00. The molecule has 7 nitrogen and oxygen atoms in total. The van der Waals surface area contributed by atoms with Crippen LogP contribution in [0.5, 0.6) is 0 Å². The van der Waals surface area contributed by atoms with E-state index in [0.29, 0.717) is 35.1 Å². The Morgan fingerprint density at radius 2 is 1.50 bits per heavy atom. The van der Waals surface area contributed by atoms with E-state index in [9.17, 15) is 4.79 Å². The number of hydrogen-bond donors (Lipinski definition) is 0. The van der Waals surface area contributed by atoms with Crippen molar-refractivity contribution >= 4 is 16.9 Å². The van der Waals surface area contributed by atoms with Crippen LogP contribution in [-0.2, 0) is 5.41 Å². The largest absolute Gasteiger partial charge is 0.360 e. The van der Waals surface area contributed by atoms with E-state index < -0.39 is 0 Å². The molecule has 8 rings (SSSR count). The molecule has 3 aromatic carbocycles. The van der Waals surface area contributed by atoms with Crippen LogP contribution in [0.3, 0.4) is 0 Å². The number of fused-ring (bicyclic) bond motifs is 3. The van der Waals surface area contributed by atoms with Gasteiger partial charge in [0.1, 0.15) is 22.8 Å². The third-order valence-electron chi connectivity index (χ3n) is 11.4. The molecule has 236 valence electrons. The summed E-state index contributed by atoms with van der Waals surface area (Å²) in [6, 6.07) is 31.3. The van der Waals surface area contributed by atoms with Gasteiger partial charge < -0.3 is 14.0 Å². The number of para-hydroxylation sites is 2. The second kappa shape index (κ2) is 11.8. The zero-order valence-electron chi connectivity index (χ0n) is 26.9. The molecule has 3 saturated heterocycles. The van der Waals surface area contributed by atoms with Gasteiger partial charge in [0.25, 0.3) is 5.91 Å². The number of rotatable bonds is 7. The standard InChI is InChI=1S/C39H43N5O2/c1-27-36(37(41-46-27)29-11-5-3-6-12-29)38(45)42-22-19-39(20-23-42,30-13-7-4-8-14-30)21-24-43-31-17-18-32(43)26-33(25-31)44-28(2)40-34-15-9-10-16-35(34)44/h3-16,31-33H,17-26H2,1-2H3/t31-,32+,33+. The molecular formula is C39H43N5O2. The first-order valence-corrected chi connectivity index (χ1v) is 17.1. The average molecular weight is 614 g/mol. The van der Waals surface area contributed by atoms with E-state index in [1.54, 1.807) is 0 Å². The molecule has 46 heavy (non-hydrogen) atoms. The van der Waals surface area contributed by atoms with Crippen LogP contribution in [0.25, 0.3) is 22.3 Å². The molecule has 3 atom stereocenters. The number of amides is 1. The Morgan fingerprint density at radius 1 is 0.848 bits per heavy atom. The number of likely N-dealkylation sites (tertiary alicyclic amines) is 1. The van der Waals surface area contributed by atoms with Gasteiger partial charge >= 0.3 is 0 Å². The first kappa shape index (κ1) is 29.2. The van der Waals surface area contributed by atoms with Crippen molar-refractivity contribution in [2.45, 2.75) is 82.3 Å². The third-order valence-corrected chi connectivity index (χ3v) is 11.4. The second-order valence-corrected chi connectivity index (χ2v) is 13.8. The normalized spacial score (nSPS) is 22.8. The van der Waals surface area contributed by atoms with Gasteiger partial charge in [-0.3, -0.25) is 9.69 Å². The number of aromatic nitrogens is 3. The lowest BCUT2D eigenvalue weighted by molar-refractivity contribution is 0.0606. The fraction of sp³-hybridized carbons (Fsp3) is 0.410. The first-order valence-electron chi connectivity index (χ1n) is 17.1. The molecule has 0 unspecified atom stereocenters. The van der Waals surface area contributed by atoms with Gasteiger partial charge in [-0.05, 0) is 88.4 Å². The van der Waals surface area contributed by atoms with E-state index in [0.717, 1.165) is 55.8 Å². The molecule has 5 heterocycles. The quantitative estimate of drug-likeness (QED) is 0.188. The van der Waals surface area contributed by atoms with Crippen molar-refractivity contribution in [2.75, 3.05) is 19.6 Å². The van der Waals surface area contributed by atoms with E-state index in [2.05, 4.69) is 76.1 Å². The minimum atomic E-state index is 0.0294. The Bertz CT molecular complexity index is 1820. The van der Waals surface area contributed by atoms with Gasteiger partial charge in [-0.15, -0.1) is 0 Å². The molecule has 2 aromatic heterocycles. The lowest BCUT2D eigenvalue weighted by Crippen LogP contribution is -2.49. The van der Waals surface area contributed by atoms with Crippen molar-refractivity contribution < 1.29 is 9.32 Å². The van der Waals surface area contributed by atoms with Crippen LogP contribution < -0.4 is 0 Å². The summed E-state index contributed by atoms with van der Waals surface area (Å²) in [6.45, 7) is 6.58. The summed E-state index contributed by atoms with van der Waals surface area (Å²) >= 11 is 0. The Morgan fingerprint density at radius 3 is 2.22 bits per heavy atom. The van der Waals surface area contributed by atoms with Crippen molar-refractivity contribution in [2.24, 2.45) is 0 Å². The van der Waals surface area contributed by atoms with Crippen LogP contribution in [-0.4, -0.2) is 62.1 Å². The van der Waals surface area contributed by atoms with Crippen molar-refractivity contribution in [1.82, 2.24) is 24.5 Å². The number of aryl methyl sites for hydroxylation is 2. The molecular weight excluding hydrogens is 570 g/mol. The van der Waals surface area contributed by atoms with E-state index >= 15 is 0 Å². The maximum Gasteiger partial charge on any atom is 0.259 e. The number of piperidine rings is 2. The minimum absolute atomic E-state index is 0.0294. The highest BCUT2D eigenvalue weighted by atomic mass is 16.5. The van der Waals surface area contributed by atoms with Crippen LogP contribution in [0, 0.1) is 13.8 Å². The number of imidazole rings is 1. The zero-order chi connectivity index (χ0) is 31.3. The van der Waals surface area contributed by atoms with Crippen molar-refractivity contribution in [3.05, 3.63) is 108 Å². The molecule has 1 amide bonds. The summed E-state index contributed by atoms with van der Waals surface area (Å²) in [7, 11) is 0. The van der Waals surface area contributed by atoms with E-state index in [-0.39, 0.29) is 11.3 Å². The average Bonchev–Trinajstić information content (AvgIpc) is 3.73. The summed E-state index contributed by atoms with van der Waals surface area (Å²) < 4.78 is 8.08. The minimum Gasteiger partial charge on any atom is -0.360 e. The molecule has 2 bridgehead atoms. The van der Waals surface area contributed by atoms with Crippen molar-refractivity contribution in [3.8, 4) is 11.3 Å². The molecule has 3 aliphatic heterocycles. The molecule has 0 radical (unpaired) electrons. The number of hydrogen-bond acceptors (Lipinski definition) is 5. The lowest BCUT2D eigenvalue weighted by Gasteiger charge is -2.45. The molecule has 5 aromatic rings. The smallest absolute Gasteiger partial charge is 0.259 e. The predicted molar refractivity (Wildman–Crippen MR) is 181 cm³/mol.